The van der Waals surface area contributed by atoms with Crippen LogP contribution in [0, 0.1) is 5.92 Å². The summed E-state index contributed by atoms with van der Waals surface area (Å²) in [6.45, 7) is 2.69. The second kappa shape index (κ2) is 14.6. The molecule has 228 valence electrons. The lowest BCUT2D eigenvalue weighted by Crippen LogP contribution is -2.60. The molecule has 0 aliphatic carbocycles. The van der Waals surface area contributed by atoms with Crippen LogP contribution in [0.2, 0.25) is 0 Å². The number of allylic oxidation sites excluding steroid dienone is 1. The Labute approximate surface area is 235 Å². The van der Waals surface area contributed by atoms with Gasteiger partial charge in [-0.1, -0.05) is 12.1 Å². The molecule has 1 saturated heterocycles. The minimum Gasteiger partial charge on any atom is -0.504 e. The average Bonchev–Trinajstić information content (AvgIpc) is 2.96. The van der Waals surface area contributed by atoms with Gasteiger partial charge in [0.2, 0.25) is 6.29 Å². The maximum atomic E-state index is 13.0. The third-order valence-corrected chi connectivity index (χ3v) is 6.73. The smallest absolute Gasteiger partial charge is 0.337 e. The first-order chi connectivity index (χ1) is 19.6. The molecule has 0 saturated carbocycles. The molecule has 0 aromatic heterocycles. The molecular formula is C27H36O14. The van der Waals surface area contributed by atoms with Gasteiger partial charge in [-0.25, -0.2) is 4.79 Å². The number of ether oxygens (including phenoxy) is 6. The maximum Gasteiger partial charge on any atom is 0.337 e. The van der Waals surface area contributed by atoms with Gasteiger partial charge in [0.25, 0.3) is 0 Å². The fraction of sp³-hybridized carbons (Fsp3) is 0.556. The Balaban J connectivity index is 1.76. The molecular weight excluding hydrogens is 548 g/mol. The minimum absolute atomic E-state index is 0.0176. The van der Waals surface area contributed by atoms with Crippen molar-refractivity contribution < 1.29 is 68.6 Å². The lowest BCUT2D eigenvalue weighted by molar-refractivity contribution is -0.327. The second-order valence-corrected chi connectivity index (χ2v) is 9.29. The van der Waals surface area contributed by atoms with E-state index in [0.29, 0.717) is 5.56 Å². The Bertz CT molecular complexity index is 1120. The van der Waals surface area contributed by atoms with E-state index in [4.69, 9.17) is 28.4 Å². The van der Waals surface area contributed by atoms with Crippen LogP contribution in [0.3, 0.4) is 0 Å². The molecule has 1 fully saturated rings. The van der Waals surface area contributed by atoms with Gasteiger partial charge in [0.1, 0.15) is 37.1 Å². The van der Waals surface area contributed by atoms with Crippen LogP contribution >= 0.6 is 0 Å². The van der Waals surface area contributed by atoms with Gasteiger partial charge in [-0.2, -0.15) is 0 Å². The van der Waals surface area contributed by atoms with Gasteiger partial charge in [0.15, 0.2) is 17.8 Å². The van der Waals surface area contributed by atoms with Gasteiger partial charge in [-0.3, -0.25) is 4.79 Å². The molecule has 8 unspecified atom stereocenters. The van der Waals surface area contributed by atoms with Crippen LogP contribution in [-0.4, -0.2) is 107 Å². The molecule has 2 heterocycles. The Morgan fingerprint density at radius 1 is 1.10 bits per heavy atom. The molecule has 0 spiro atoms. The number of methoxy groups -OCH3 is 1. The van der Waals surface area contributed by atoms with Crippen LogP contribution in [-0.2, 0) is 38.0 Å². The normalized spacial score (nSPS) is 29.8. The van der Waals surface area contributed by atoms with E-state index in [2.05, 4.69) is 0 Å². The standard InChI is InChI=1S/C27H36O14/c1-4-14-15(9-21(31)38-12-20(37-5-2)13-6-7-17(29)18(30)8-13)16(25(35)36-3)11-39-26(14)41-27-24(34)23(33)22(32)19(10-28)40-27/h4,6-8,11,15,19-20,22-24,26-30,32-34H,5,9-10,12H2,1-3H3. The molecule has 8 atom stereocenters. The highest BCUT2D eigenvalue weighted by Gasteiger charge is 2.47. The van der Waals surface area contributed by atoms with Crippen LogP contribution < -0.4 is 0 Å². The number of carbonyl (C=O) groups is 2. The van der Waals surface area contributed by atoms with Crippen molar-refractivity contribution in [3.05, 3.63) is 47.2 Å². The van der Waals surface area contributed by atoms with E-state index in [0.717, 1.165) is 13.4 Å². The highest BCUT2D eigenvalue weighted by Crippen LogP contribution is 2.36. The van der Waals surface area contributed by atoms with Crippen molar-refractivity contribution in [1.29, 1.82) is 0 Å². The van der Waals surface area contributed by atoms with Crippen molar-refractivity contribution in [2.24, 2.45) is 5.92 Å². The third-order valence-electron chi connectivity index (χ3n) is 6.73. The van der Waals surface area contributed by atoms with Crippen LogP contribution in [0.4, 0.5) is 0 Å². The Morgan fingerprint density at radius 3 is 2.44 bits per heavy atom. The van der Waals surface area contributed by atoms with Crippen LogP contribution in [0.5, 0.6) is 11.5 Å². The van der Waals surface area contributed by atoms with E-state index in [1.807, 2.05) is 0 Å². The zero-order chi connectivity index (χ0) is 30.3. The fourth-order valence-corrected chi connectivity index (χ4v) is 4.50. The monoisotopic (exact) mass is 584 g/mol. The molecule has 2 aliphatic rings. The average molecular weight is 585 g/mol. The highest BCUT2D eigenvalue weighted by atomic mass is 16.8. The quantitative estimate of drug-likeness (QED) is 0.114. The van der Waals surface area contributed by atoms with Crippen molar-refractivity contribution in [3.8, 4) is 11.5 Å². The van der Waals surface area contributed by atoms with Crippen molar-refractivity contribution >= 4 is 11.9 Å². The number of hydrogen-bond donors (Lipinski definition) is 6. The van der Waals surface area contributed by atoms with Gasteiger partial charge in [-0.15, -0.1) is 0 Å². The summed E-state index contributed by atoms with van der Waals surface area (Å²) in [5, 5.41) is 59.4. The molecule has 2 aliphatic heterocycles. The number of phenols is 2. The molecule has 3 rings (SSSR count). The summed E-state index contributed by atoms with van der Waals surface area (Å²) < 4.78 is 32.6. The first kappa shape index (κ1) is 32.3. The lowest BCUT2D eigenvalue weighted by atomic mass is 9.86. The van der Waals surface area contributed by atoms with Crippen molar-refractivity contribution in [2.45, 2.75) is 63.4 Å². The Hall–Kier alpha value is -3.24. The van der Waals surface area contributed by atoms with Crippen molar-refractivity contribution in [2.75, 3.05) is 26.9 Å². The number of carbonyl (C=O) groups excluding carboxylic acids is 2. The summed E-state index contributed by atoms with van der Waals surface area (Å²) in [7, 11) is 1.16. The molecule has 14 heteroatoms. The van der Waals surface area contributed by atoms with Gasteiger partial charge in [0, 0.05) is 18.1 Å². The Kier molecular flexibility index (Phi) is 11.5. The zero-order valence-electron chi connectivity index (χ0n) is 22.8. The molecule has 6 N–H and O–H groups in total. The molecule has 14 nitrogen and oxygen atoms in total. The number of aromatic hydroxyl groups is 2. The number of phenolic OH excluding ortho intramolecular Hbond substituents is 2. The highest BCUT2D eigenvalue weighted by molar-refractivity contribution is 5.90. The van der Waals surface area contributed by atoms with Gasteiger partial charge >= 0.3 is 11.9 Å². The van der Waals surface area contributed by atoms with Gasteiger partial charge < -0.3 is 59.1 Å². The number of benzene rings is 1. The largest absolute Gasteiger partial charge is 0.504 e. The fourth-order valence-electron chi connectivity index (χ4n) is 4.50. The van der Waals surface area contributed by atoms with E-state index >= 15 is 0 Å². The first-order valence-corrected chi connectivity index (χ1v) is 12.9. The number of esters is 2. The summed E-state index contributed by atoms with van der Waals surface area (Å²) in [6.07, 6.45) is -7.60. The van der Waals surface area contributed by atoms with E-state index in [1.54, 1.807) is 13.8 Å². The topological polar surface area (TPSA) is 211 Å². The minimum atomic E-state index is -1.71. The molecule has 1 aromatic rings. The molecule has 41 heavy (non-hydrogen) atoms. The van der Waals surface area contributed by atoms with Crippen molar-refractivity contribution in [1.82, 2.24) is 0 Å². The first-order valence-electron chi connectivity index (χ1n) is 12.9. The SMILES string of the molecule is CC=C1C(OC2OC(CO)C(O)C(O)C2O)OC=C(C(=O)OC)C1CC(=O)OCC(OCC)c1ccc(O)c(O)c1. The van der Waals surface area contributed by atoms with Gasteiger partial charge in [0.05, 0.1) is 32.0 Å². The molecule has 0 radical (unpaired) electrons. The lowest BCUT2D eigenvalue weighted by Gasteiger charge is -2.41. The van der Waals surface area contributed by atoms with E-state index < -0.39 is 67.6 Å². The van der Waals surface area contributed by atoms with Crippen LogP contribution in [0.1, 0.15) is 31.9 Å². The number of hydrogen-bond acceptors (Lipinski definition) is 14. The van der Waals surface area contributed by atoms with E-state index in [1.165, 1.54) is 24.3 Å². The third kappa shape index (κ3) is 7.54. The van der Waals surface area contributed by atoms with Crippen LogP contribution in [0.15, 0.2) is 41.7 Å². The van der Waals surface area contributed by atoms with Crippen LogP contribution in [0.25, 0.3) is 0 Å². The molecule has 1 aromatic carbocycles. The summed E-state index contributed by atoms with van der Waals surface area (Å²) in [5.74, 6) is -3.14. The summed E-state index contributed by atoms with van der Waals surface area (Å²) in [4.78, 5) is 25.5. The maximum absolute atomic E-state index is 13.0. The van der Waals surface area contributed by atoms with E-state index in [-0.39, 0.29) is 42.3 Å². The number of aliphatic hydroxyl groups is 4. The number of aliphatic hydroxyl groups excluding tert-OH is 4. The van der Waals surface area contributed by atoms with E-state index in [9.17, 15) is 40.2 Å². The predicted octanol–water partition coefficient (Wildman–Crippen LogP) is -0.0991. The predicted molar refractivity (Wildman–Crippen MR) is 137 cm³/mol. The summed E-state index contributed by atoms with van der Waals surface area (Å²) in [6, 6.07) is 4.08. The molecule has 0 amide bonds. The summed E-state index contributed by atoms with van der Waals surface area (Å²) >= 11 is 0. The molecule has 0 bridgehead atoms. The second-order valence-electron chi connectivity index (χ2n) is 9.29. The number of rotatable bonds is 11. The zero-order valence-corrected chi connectivity index (χ0v) is 22.8. The van der Waals surface area contributed by atoms with Gasteiger partial charge in [-0.05, 0) is 31.5 Å². The Morgan fingerprint density at radius 2 is 1.83 bits per heavy atom. The summed E-state index contributed by atoms with van der Waals surface area (Å²) in [5.41, 5.74) is 0.709. The van der Waals surface area contributed by atoms with Crippen molar-refractivity contribution in [3.63, 3.8) is 0 Å².